The van der Waals surface area contributed by atoms with Gasteiger partial charge in [-0.05, 0) is 31.6 Å². The first kappa shape index (κ1) is 31.5. The third-order valence-corrected chi connectivity index (χ3v) is 4.71. The number of nitrogens with one attached hydrogen (secondary N) is 3. The lowest BCUT2D eigenvalue weighted by atomic mass is 10.0. The van der Waals surface area contributed by atoms with Gasteiger partial charge in [-0.3, -0.25) is 24.2 Å². The van der Waals surface area contributed by atoms with Gasteiger partial charge in [0.25, 0.3) is 0 Å². The van der Waals surface area contributed by atoms with Crippen molar-refractivity contribution in [3.8, 4) is 0 Å². The van der Waals surface area contributed by atoms with Gasteiger partial charge in [0.2, 0.25) is 17.7 Å². The molecule has 0 radical (unpaired) electrons. The zero-order chi connectivity index (χ0) is 27.1. The summed E-state index contributed by atoms with van der Waals surface area (Å²) in [5.41, 5.74) is 16.0. The van der Waals surface area contributed by atoms with Crippen molar-refractivity contribution in [2.24, 2.45) is 28.1 Å². The smallest absolute Gasteiger partial charge is 0.326 e. The lowest BCUT2D eigenvalue weighted by Crippen LogP contribution is -2.57. The molecule has 0 aromatic carbocycles. The van der Waals surface area contributed by atoms with Crippen LogP contribution in [0.2, 0.25) is 0 Å². The summed E-state index contributed by atoms with van der Waals surface area (Å²) in [7, 11) is 0. The number of hydrogen-bond acceptors (Lipinski definition) is 8. The molecule has 0 saturated carbocycles. The Kier molecular flexibility index (Phi) is 14.6. The molecule has 12 N–H and O–H groups in total. The Morgan fingerprint density at radius 1 is 0.857 bits per heavy atom. The second-order valence-corrected chi connectivity index (χ2v) is 8.32. The molecule has 0 rings (SSSR count). The molecule has 200 valence electrons. The third-order valence-electron chi connectivity index (χ3n) is 4.71. The van der Waals surface area contributed by atoms with Crippen LogP contribution in [0.15, 0.2) is 4.99 Å². The molecule has 0 aromatic rings. The highest BCUT2D eigenvalue weighted by atomic mass is 16.4. The number of aliphatic hydroxyl groups is 1. The van der Waals surface area contributed by atoms with Crippen LogP contribution in [0, 0.1) is 5.92 Å². The SMILES string of the molecule is CC(C)CC(NC(=O)C(N)CO)C(=O)NC(CCCN=C(N)N)C(=O)NC(CCC(=O)O)C(=O)O. The average Bonchev–Trinajstić information content (AvgIpc) is 2.76. The number of aliphatic carboxylic acids is 2. The van der Waals surface area contributed by atoms with Crippen LogP contribution < -0.4 is 33.2 Å². The van der Waals surface area contributed by atoms with Crippen molar-refractivity contribution in [2.75, 3.05) is 13.2 Å². The Morgan fingerprint density at radius 2 is 1.40 bits per heavy atom. The van der Waals surface area contributed by atoms with Crippen molar-refractivity contribution in [2.45, 2.75) is 70.1 Å². The predicted octanol–water partition coefficient (Wildman–Crippen LogP) is -3.19. The van der Waals surface area contributed by atoms with E-state index in [1.807, 2.05) is 0 Å². The van der Waals surface area contributed by atoms with E-state index in [4.69, 9.17) is 27.4 Å². The summed E-state index contributed by atoms with van der Waals surface area (Å²) in [4.78, 5) is 63.9. The van der Waals surface area contributed by atoms with Gasteiger partial charge in [0, 0.05) is 13.0 Å². The van der Waals surface area contributed by atoms with E-state index in [1.165, 1.54) is 0 Å². The maximum Gasteiger partial charge on any atom is 0.326 e. The number of guanidine groups is 1. The number of rotatable bonds is 17. The molecule has 0 saturated heterocycles. The minimum atomic E-state index is -1.50. The summed E-state index contributed by atoms with van der Waals surface area (Å²) in [6.45, 7) is 3.10. The monoisotopic (exact) mass is 503 g/mol. The first-order valence-corrected chi connectivity index (χ1v) is 11.1. The number of carboxylic acid groups (broad SMARTS) is 2. The summed E-state index contributed by atoms with van der Waals surface area (Å²) in [5, 5.41) is 34.3. The second-order valence-electron chi connectivity index (χ2n) is 8.32. The molecule has 15 nitrogen and oxygen atoms in total. The molecule has 4 atom stereocenters. The first-order chi connectivity index (χ1) is 16.3. The molecule has 0 aliphatic carbocycles. The topological polar surface area (TPSA) is 273 Å². The third kappa shape index (κ3) is 13.7. The number of hydrogen-bond donors (Lipinski definition) is 9. The molecule has 15 heteroatoms. The van der Waals surface area contributed by atoms with E-state index in [0.29, 0.717) is 0 Å². The Hall–Kier alpha value is -3.46. The van der Waals surface area contributed by atoms with Crippen LogP contribution in [0.1, 0.15) is 46.0 Å². The van der Waals surface area contributed by atoms with Crippen LogP contribution in [-0.4, -0.2) is 88.3 Å². The molecule has 0 fully saturated rings. The highest BCUT2D eigenvalue weighted by Gasteiger charge is 2.30. The fraction of sp³-hybridized carbons (Fsp3) is 0.700. The lowest BCUT2D eigenvalue weighted by molar-refractivity contribution is -0.143. The van der Waals surface area contributed by atoms with E-state index in [0.717, 1.165) is 0 Å². The first-order valence-electron chi connectivity index (χ1n) is 11.1. The fourth-order valence-corrected chi connectivity index (χ4v) is 2.91. The van der Waals surface area contributed by atoms with Crippen molar-refractivity contribution in [1.29, 1.82) is 0 Å². The Bertz CT molecular complexity index is 771. The summed E-state index contributed by atoms with van der Waals surface area (Å²) >= 11 is 0. The van der Waals surface area contributed by atoms with Gasteiger partial charge in [0.1, 0.15) is 24.2 Å². The fourth-order valence-electron chi connectivity index (χ4n) is 2.91. The van der Waals surface area contributed by atoms with Gasteiger partial charge in [0.05, 0.1) is 6.61 Å². The summed E-state index contributed by atoms with van der Waals surface area (Å²) < 4.78 is 0. The van der Waals surface area contributed by atoms with E-state index < -0.39 is 66.9 Å². The predicted molar refractivity (Wildman–Crippen MR) is 125 cm³/mol. The molecule has 0 bridgehead atoms. The Labute approximate surface area is 202 Å². The van der Waals surface area contributed by atoms with Crippen molar-refractivity contribution >= 4 is 35.6 Å². The minimum Gasteiger partial charge on any atom is -0.481 e. The molecule has 0 aliphatic rings. The van der Waals surface area contributed by atoms with E-state index in [-0.39, 0.29) is 44.1 Å². The number of nitrogens with two attached hydrogens (primary N) is 3. The van der Waals surface area contributed by atoms with Gasteiger partial charge < -0.3 is 48.5 Å². The number of carbonyl (C=O) groups excluding carboxylic acids is 3. The van der Waals surface area contributed by atoms with Crippen LogP contribution in [-0.2, 0) is 24.0 Å². The number of aliphatic hydroxyl groups excluding tert-OH is 1. The van der Waals surface area contributed by atoms with Gasteiger partial charge in [-0.1, -0.05) is 13.8 Å². The maximum absolute atomic E-state index is 12.9. The standard InChI is InChI=1S/C20H37N7O8/c1-10(2)8-14(27-16(31)11(21)9-28)18(33)25-12(4-3-7-24-20(22)23)17(32)26-13(19(34)35)5-6-15(29)30/h10-14,28H,3-9,21H2,1-2H3,(H,25,33)(H,26,32)(H,27,31)(H,29,30)(H,34,35)(H4,22,23,24). The molecule has 35 heavy (non-hydrogen) atoms. The number of carbonyl (C=O) groups is 5. The molecule has 0 spiro atoms. The van der Waals surface area contributed by atoms with Crippen molar-refractivity contribution < 1.29 is 39.3 Å². The Balaban J connectivity index is 5.61. The van der Waals surface area contributed by atoms with Crippen molar-refractivity contribution in [3.63, 3.8) is 0 Å². The van der Waals surface area contributed by atoms with Gasteiger partial charge >= 0.3 is 11.9 Å². The van der Waals surface area contributed by atoms with Crippen LogP contribution in [0.5, 0.6) is 0 Å². The van der Waals surface area contributed by atoms with E-state index >= 15 is 0 Å². The number of amides is 3. The summed E-state index contributed by atoms with van der Waals surface area (Å²) in [5.74, 6) is -5.23. The van der Waals surface area contributed by atoms with Gasteiger partial charge in [-0.25, -0.2) is 4.79 Å². The van der Waals surface area contributed by atoms with Crippen LogP contribution in [0.3, 0.4) is 0 Å². The van der Waals surface area contributed by atoms with Crippen molar-refractivity contribution in [3.05, 3.63) is 0 Å². The molecule has 0 aliphatic heterocycles. The summed E-state index contributed by atoms with van der Waals surface area (Å²) in [6.07, 6.45) is -0.422. The normalized spacial score (nSPS) is 14.2. The van der Waals surface area contributed by atoms with E-state index in [9.17, 15) is 29.1 Å². The van der Waals surface area contributed by atoms with E-state index in [1.54, 1.807) is 13.8 Å². The summed E-state index contributed by atoms with van der Waals surface area (Å²) in [6, 6.07) is -5.07. The van der Waals surface area contributed by atoms with E-state index in [2.05, 4.69) is 20.9 Å². The van der Waals surface area contributed by atoms with Crippen LogP contribution >= 0.6 is 0 Å². The number of carboxylic acids is 2. The highest BCUT2D eigenvalue weighted by molar-refractivity contribution is 5.94. The number of nitrogens with zero attached hydrogens (tertiary/aromatic N) is 1. The van der Waals surface area contributed by atoms with Gasteiger partial charge in [0.15, 0.2) is 5.96 Å². The molecular weight excluding hydrogens is 466 g/mol. The molecule has 4 unspecified atom stereocenters. The molecule has 0 aromatic heterocycles. The molecule has 3 amide bonds. The largest absolute Gasteiger partial charge is 0.481 e. The lowest BCUT2D eigenvalue weighted by Gasteiger charge is -2.25. The van der Waals surface area contributed by atoms with Crippen LogP contribution in [0.4, 0.5) is 0 Å². The highest BCUT2D eigenvalue weighted by Crippen LogP contribution is 2.08. The van der Waals surface area contributed by atoms with Gasteiger partial charge in [-0.2, -0.15) is 0 Å². The van der Waals surface area contributed by atoms with Gasteiger partial charge in [-0.15, -0.1) is 0 Å². The minimum absolute atomic E-state index is 0.0120. The Morgan fingerprint density at radius 3 is 1.89 bits per heavy atom. The average molecular weight is 504 g/mol. The zero-order valence-electron chi connectivity index (χ0n) is 19.9. The van der Waals surface area contributed by atoms with Crippen molar-refractivity contribution in [1.82, 2.24) is 16.0 Å². The molecular formula is C20H37N7O8. The second kappa shape index (κ2) is 16.2. The molecule has 0 heterocycles. The maximum atomic E-state index is 12.9. The number of aliphatic imine (C=N–C) groups is 1. The zero-order valence-corrected chi connectivity index (χ0v) is 19.9. The quantitative estimate of drug-likeness (QED) is 0.0541. The van der Waals surface area contributed by atoms with Crippen LogP contribution in [0.25, 0.3) is 0 Å².